The maximum absolute atomic E-state index is 12.0. The molecule has 0 radical (unpaired) electrons. The third-order valence-corrected chi connectivity index (χ3v) is 4.34. The Hall–Kier alpha value is -3.05. The van der Waals surface area contributed by atoms with Crippen LogP contribution in [-0.2, 0) is 14.8 Å². The predicted octanol–water partition coefficient (Wildman–Crippen LogP) is 1.45. The van der Waals surface area contributed by atoms with Gasteiger partial charge in [0.05, 0.1) is 23.6 Å². The van der Waals surface area contributed by atoms with Gasteiger partial charge >= 0.3 is 0 Å². The minimum atomic E-state index is -3.94. The van der Waals surface area contributed by atoms with Crippen molar-refractivity contribution in [2.24, 2.45) is 0 Å². The monoisotopic (exact) mass is 346 g/mol. The van der Waals surface area contributed by atoms with Crippen molar-refractivity contribution < 1.29 is 22.7 Å². The molecule has 0 heterocycles. The minimum Gasteiger partial charge on any atom is -0.493 e. The number of hydrogen-bond donors (Lipinski definition) is 1. The molecule has 0 saturated heterocycles. The number of carbonyl (C=O) groups excluding carboxylic acids is 1. The van der Waals surface area contributed by atoms with Crippen molar-refractivity contribution in [2.45, 2.75) is 4.90 Å². The Labute approximate surface area is 139 Å². The maximum atomic E-state index is 12.0. The standard InChI is InChI=1S/C16H14N2O5S/c1-22-15-9-12(10-17)7-8-14(15)23-11-16(19)18-24(20,21)13-5-3-2-4-6-13/h2-9H,11H2,1H3,(H,18,19). The summed E-state index contributed by atoms with van der Waals surface area (Å²) in [5, 5.41) is 8.83. The van der Waals surface area contributed by atoms with Gasteiger partial charge in [-0.25, -0.2) is 13.1 Å². The molecule has 0 unspecified atom stereocenters. The van der Waals surface area contributed by atoms with Gasteiger partial charge in [0.15, 0.2) is 18.1 Å². The van der Waals surface area contributed by atoms with E-state index in [1.165, 1.54) is 37.4 Å². The Morgan fingerprint density at radius 1 is 1.17 bits per heavy atom. The van der Waals surface area contributed by atoms with Gasteiger partial charge in [-0.1, -0.05) is 18.2 Å². The molecule has 0 atom stereocenters. The molecule has 7 nitrogen and oxygen atoms in total. The van der Waals surface area contributed by atoms with Gasteiger partial charge in [0.2, 0.25) is 0 Å². The van der Waals surface area contributed by atoms with Gasteiger partial charge in [-0.3, -0.25) is 4.79 Å². The first-order valence-corrected chi connectivity index (χ1v) is 8.26. The second kappa shape index (κ2) is 7.48. The fraction of sp³-hybridized carbons (Fsp3) is 0.125. The SMILES string of the molecule is COc1cc(C#N)ccc1OCC(=O)NS(=O)(=O)c1ccccc1. The summed E-state index contributed by atoms with van der Waals surface area (Å²) >= 11 is 0. The summed E-state index contributed by atoms with van der Waals surface area (Å²) in [7, 11) is -2.55. The molecule has 0 saturated carbocycles. The van der Waals surface area contributed by atoms with Gasteiger partial charge < -0.3 is 9.47 Å². The number of rotatable bonds is 6. The molecule has 0 aliphatic heterocycles. The van der Waals surface area contributed by atoms with Crippen LogP contribution in [0.1, 0.15) is 5.56 Å². The molecule has 0 fully saturated rings. The minimum absolute atomic E-state index is 0.0192. The zero-order valence-electron chi connectivity index (χ0n) is 12.7. The number of nitrogens with zero attached hydrogens (tertiary/aromatic N) is 1. The molecule has 0 bridgehead atoms. The predicted molar refractivity (Wildman–Crippen MR) is 85.0 cm³/mol. The molecule has 2 aromatic carbocycles. The lowest BCUT2D eigenvalue weighted by molar-refractivity contribution is -0.121. The maximum Gasteiger partial charge on any atom is 0.271 e. The molecule has 1 amide bonds. The molecule has 124 valence electrons. The second-order valence-electron chi connectivity index (χ2n) is 4.61. The van der Waals surface area contributed by atoms with E-state index in [0.29, 0.717) is 5.56 Å². The van der Waals surface area contributed by atoms with Crippen LogP contribution in [0.5, 0.6) is 11.5 Å². The van der Waals surface area contributed by atoms with Gasteiger partial charge in [0.1, 0.15) is 0 Å². The molecule has 24 heavy (non-hydrogen) atoms. The van der Waals surface area contributed by atoms with Crippen molar-refractivity contribution in [1.29, 1.82) is 5.26 Å². The summed E-state index contributed by atoms with van der Waals surface area (Å²) in [6.07, 6.45) is 0. The second-order valence-corrected chi connectivity index (χ2v) is 6.29. The molecule has 1 N–H and O–H groups in total. The van der Waals surface area contributed by atoms with Gasteiger partial charge in [-0.05, 0) is 24.3 Å². The zero-order chi connectivity index (χ0) is 17.6. The first-order chi connectivity index (χ1) is 11.5. The van der Waals surface area contributed by atoms with Gasteiger partial charge in [0.25, 0.3) is 15.9 Å². The Morgan fingerprint density at radius 3 is 2.50 bits per heavy atom. The van der Waals surface area contributed by atoms with Crippen LogP contribution in [-0.4, -0.2) is 28.0 Å². The molecule has 8 heteroatoms. The van der Waals surface area contributed by atoms with Crippen LogP contribution >= 0.6 is 0 Å². The van der Waals surface area contributed by atoms with Crippen LogP contribution in [0.4, 0.5) is 0 Å². The van der Waals surface area contributed by atoms with Crippen LogP contribution < -0.4 is 14.2 Å². The largest absolute Gasteiger partial charge is 0.493 e. The molecule has 2 aromatic rings. The van der Waals surface area contributed by atoms with E-state index >= 15 is 0 Å². The van der Waals surface area contributed by atoms with E-state index in [0.717, 1.165) is 0 Å². The highest BCUT2D eigenvalue weighted by Gasteiger charge is 2.18. The third kappa shape index (κ3) is 4.24. The molecular formula is C16H14N2O5S. The number of benzene rings is 2. The molecule has 0 aromatic heterocycles. The Kier molecular flexibility index (Phi) is 5.39. The number of carbonyl (C=O) groups is 1. The van der Waals surface area contributed by atoms with E-state index < -0.39 is 22.5 Å². The van der Waals surface area contributed by atoms with E-state index in [1.54, 1.807) is 18.2 Å². The highest BCUT2D eigenvalue weighted by atomic mass is 32.2. The first-order valence-electron chi connectivity index (χ1n) is 6.78. The number of ether oxygens (including phenoxy) is 2. The summed E-state index contributed by atoms with van der Waals surface area (Å²) in [6, 6.07) is 13.9. The van der Waals surface area contributed by atoms with Gasteiger partial charge in [-0.2, -0.15) is 5.26 Å². The van der Waals surface area contributed by atoms with E-state index in [4.69, 9.17) is 14.7 Å². The molecule has 0 aliphatic rings. The van der Waals surface area contributed by atoms with Crippen molar-refractivity contribution in [2.75, 3.05) is 13.7 Å². The lowest BCUT2D eigenvalue weighted by atomic mass is 10.2. The topological polar surface area (TPSA) is 105 Å². The lowest BCUT2D eigenvalue weighted by Crippen LogP contribution is -2.34. The van der Waals surface area contributed by atoms with Crippen LogP contribution in [0, 0.1) is 11.3 Å². The molecule has 2 rings (SSSR count). The van der Waals surface area contributed by atoms with Gasteiger partial charge in [-0.15, -0.1) is 0 Å². The molecule has 0 spiro atoms. The fourth-order valence-corrected chi connectivity index (χ4v) is 2.83. The smallest absolute Gasteiger partial charge is 0.271 e. The van der Waals surface area contributed by atoms with Gasteiger partial charge in [0, 0.05) is 6.07 Å². The quantitative estimate of drug-likeness (QED) is 0.849. The summed E-state index contributed by atoms with van der Waals surface area (Å²) in [4.78, 5) is 11.8. The van der Waals surface area contributed by atoms with E-state index in [1.807, 2.05) is 10.8 Å². The fourth-order valence-electron chi connectivity index (χ4n) is 1.84. The molecular weight excluding hydrogens is 332 g/mol. The Bertz CT molecular complexity index is 873. The first kappa shape index (κ1) is 17.3. The normalized spacial score (nSPS) is 10.5. The number of sulfonamides is 1. The number of amides is 1. The summed E-state index contributed by atoms with van der Waals surface area (Å²) in [6.45, 7) is -0.520. The zero-order valence-corrected chi connectivity index (χ0v) is 13.5. The lowest BCUT2D eigenvalue weighted by Gasteiger charge is -2.11. The summed E-state index contributed by atoms with van der Waals surface area (Å²) < 4.78 is 36.3. The van der Waals surface area contributed by atoms with E-state index in [2.05, 4.69) is 0 Å². The summed E-state index contributed by atoms with van der Waals surface area (Å²) in [5.74, 6) is -0.332. The van der Waals surface area contributed by atoms with Crippen LogP contribution in [0.15, 0.2) is 53.4 Å². The highest BCUT2D eigenvalue weighted by Crippen LogP contribution is 2.27. The van der Waals surface area contributed by atoms with E-state index in [-0.39, 0.29) is 16.4 Å². The van der Waals surface area contributed by atoms with Crippen molar-refractivity contribution in [1.82, 2.24) is 4.72 Å². The Morgan fingerprint density at radius 2 is 1.88 bits per heavy atom. The third-order valence-electron chi connectivity index (χ3n) is 2.95. The van der Waals surface area contributed by atoms with Crippen molar-refractivity contribution >= 4 is 15.9 Å². The number of hydrogen-bond acceptors (Lipinski definition) is 6. The highest BCUT2D eigenvalue weighted by molar-refractivity contribution is 7.90. The van der Waals surface area contributed by atoms with Crippen molar-refractivity contribution in [3.63, 3.8) is 0 Å². The van der Waals surface area contributed by atoms with Crippen LogP contribution in [0.25, 0.3) is 0 Å². The average Bonchev–Trinajstić information content (AvgIpc) is 2.60. The summed E-state index contributed by atoms with van der Waals surface area (Å²) in [5.41, 5.74) is 0.371. The van der Waals surface area contributed by atoms with Crippen molar-refractivity contribution in [3.05, 3.63) is 54.1 Å². The molecule has 0 aliphatic carbocycles. The van der Waals surface area contributed by atoms with Crippen molar-refractivity contribution in [3.8, 4) is 17.6 Å². The Balaban J connectivity index is 2.03. The van der Waals surface area contributed by atoms with Crippen LogP contribution in [0.3, 0.4) is 0 Å². The van der Waals surface area contributed by atoms with E-state index in [9.17, 15) is 13.2 Å². The number of methoxy groups -OCH3 is 1. The van der Waals surface area contributed by atoms with Crippen LogP contribution in [0.2, 0.25) is 0 Å². The number of nitriles is 1. The average molecular weight is 346 g/mol. The number of nitrogens with one attached hydrogen (secondary N) is 1.